The van der Waals surface area contributed by atoms with Gasteiger partial charge in [-0.05, 0) is 73.0 Å². The predicted molar refractivity (Wildman–Crippen MR) is 108 cm³/mol. The van der Waals surface area contributed by atoms with Crippen LogP contribution in [0.1, 0.15) is 65.7 Å². The maximum absolute atomic E-state index is 13.2. The summed E-state index contributed by atoms with van der Waals surface area (Å²) in [5.74, 6) is -5.58. The molecule has 4 saturated carbocycles. The number of carbonyl (C=O) groups is 2. The Bertz CT molecular complexity index is 779. The lowest BCUT2D eigenvalue weighted by Crippen LogP contribution is -2.44. The van der Waals surface area contributed by atoms with Crippen LogP contribution in [0.4, 0.5) is 22.0 Å². The molecule has 0 aromatic heterocycles. The lowest BCUT2D eigenvalue weighted by molar-refractivity contribution is -0.294. The zero-order chi connectivity index (χ0) is 24.3. The Morgan fingerprint density at radius 3 is 2.18 bits per heavy atom. The molecule has 0 aromatic carbocycles. The van der Waals surface area contributed by atoms with Crippen LogP contribution in [0.25, 0.3) is 0 Å². The summed E-state index contributed by atoms with van der Waals surface area (Å²) in [6, 6.07) is 0. The third-order valence-electron chi connectivity index (χ3n) is 9.12. The molecule has 4 aliphatic carbocycles. The molecule has 188 valence electrons. The highest BCUT2D eigenvalue weighted by atomic mass is 19.4. The van der Waals surface area contributed by atoms with E-state index in [1.165, 1.54) is 0 Å². The Kier molecular flexibility index (Phi) is 6.26. The molecule has 4 bridgehead atoms. The smallest absolute Gasteiger partial charge is 0.456 e. The van der Waals surface area contributed by atoms with E-state index in [9.17, 15) is 31.5 Å². The number of fused-ring (bicyclic) bond motifs is 9. The lowest BCUT2D eigenvalue weighted by Gasteiger charge is -2.40. The van der Waals surface area contributed by atoms with Crippen molar-refractivity contribution in [1.29, 1.82) is 0 Å². The second kappa shape index (κ2) is 8.36. The number of alkyl halides is 5. The fourth-order valence-corrected chi connectivity index (χ4v) is 7.14. The fourth-order valence-electron chi connectivity index (χ4n) is 7.14. The first-order valence-corrected chi connectivity index (χ1v) is 12.0. The number of ether oxygens (including phenoxy) is 2. The van der Waals surface area contributed by atoms with Crippen molar-refractivity contribution in [3.63, 3.8) is 0 Å². The number of hydrogen-bond acceptors (Lipinski definition) is 4. The van der Waals surface area contributed by atoms with Crippen LogP contribution in [0.15, 0.2) is 0 Å². The molecule has 0 saturated heterocycles. The van der Waals surface area contributed by atoms with E-state index in [2.05, 4.69) is 25.5 Å². The van der Waals surface area contributed by atoms with E-state index in [0.29, 0.717) is 24.7 Å². The Balaban J connectivity index is 1.35. The van der Waals surface area contributed by atoms with E-state index in [1.54, 1.807) is 0 Å². The monoisotopic (exact) mass is 480 g/mol. The van der Waals surface area contributed by atoms with Gasteiger partial charge in [0.2, 0.25) is 0 Å². The minimum absolute atomic E-state index is 0.0693. The summed E-state index contributed by atoms with van der Waals surface area (Å²) in [7, 11) is 0. The maximum atomic E-state index is 13.2. The topological polar surface area (TPSA) is 52.6 Å². The lowest BCUT2D eigenvalue weighted by atomic mass is 9.66. The molecule has 4 aliphatic rings. The third kappa shape index (κ3) is 4.49. The van der Waals surface area contributed by atoms with Crippen LogP contribution in [0.5, 0.6) is 0 Å². The zero-order valence-corrected chi connectivity index (χ0v) is 19.3. The summed E-state index contributed by atoms with van der Waals surface area (Å²) in [5.41, 5.74) is 0.0693. The summed E-state index contributed by atoms with van der Waals surface area (Å²) in [5, 5.41) is 0. The van der Waals surface area contributed by atoms with Gasteiger partial charge in [0, 0.05) is 6.42 Å². The molecule has 9 heteroatoms. The van der Waals surface area contributed by atoms with Crippen molar-refractivity contribution in [3.05, 3.63) is 0 Å². The van der Waals surface area contributed by atoms with Gasteiger partial charge in [0.25, 0.3) is 0 Å². The van der Waals surface area contributed by atoms with Gasteiger partial charge in [-0.2, -0.15) is 22.0 Å². The highest BCUT2D eigenvalue weighted by Crippen LogP contribution is 2.69. The van der Waals surface area contributed by atoms with Gasteiger partial charge in [0.15, 0.2) is 6.61 Å². The molecule has 4 fully saturated rings. The van der Waals surface area contributed by atoms with Gasteiger partial charge >= 0.3 is 24.0 Å². The van der Waals surface area contributed by atoms with Crippen molar-refractivity contribution in [1.82, 2.24) is 0 Å². The summed E-state index contributed by atoms with van der Waals surface area (Å²) in [6.07, 6.45) is -0.869. The molecule has 8 atom stereocenters. The number of hydrogen-bond donors (Lipinski definition) is 0. The molecule has 0 spiro atoms. The molecule has 0 aliphatic heterocycles. The quantitative estimate of drug-likeness (QED) is 0.251. The second-order valence-corrected chi connectivity index (χ2v) is 11.4. The van der Waals surface area contributed by atoms with Crippen molar-refractivity contribution in [2.45, 2.75) is 83.9 Å². The molecule has 33 heavy (non-hydrogen) atoms. The van der Waals surface area contributed by atoms with Crippen molar-refractivity contribution < 1.29 is 41.0 Å². The first-order valence-electron chi connectivity index (χ1n) is 12.0. The highest BCUT2D eigenvalue weighted by molar-refractivity contribution is 5.74. The summed E-state index contributed by atoms with van der Waals surface area (Å²) >= 11 is 0. The van der Waals surface area contributed by atoms with Crippen LogP contribution >= 0.6 is 0 Å². The normalized spacial score (nSPS) is 37.3. The molecule has 8 unspecified atom stereocenters. The maximum Gasteiger partial charge on any atom is 0.456 e. The van der Waals surface area contributed by atoms with Gasteiger partial charge in [0.05, 0.1) is 5.92 Å². The van der Waals surface area contributed by atoms with Crippen LogP contribution in [-0.4, -0.2) is 36.7 Å². The van der Waals surface area contributed by atoms with E-state index in [4.69, 9.17) is 4.74 Å². The van der Waals surface area contributed by atoms with Gasteiger partial charge in [-0.25, -0.2) is 0 Å². The molecule has 0 heterocycles. The zero-order valence-electron chi connectivity index (χ0n) is 19.3. The molecule has 4 nitrogen and oxygen atoms in total. The fraction of sp³-hybridized carbons (Fsp3) is 0.917. The number of halogens is 5. The molecule has 0 amide bonds. The predicted octanol–water partition coefficient (Wildman–Crippen LogP) is 5.78. The van der Waals surface area contributed by atoms with Gasteiger partial charge in [-0.15, -0.1) is 0 Å². The van der Waals surface area contributed by atoms with Crippen LogP contribution in [0, 0.1) is 46.8 Å². The Labute approximate surface area is 190 Å². The molecule has 0 radical (unpaired) electrons. The highest BCUT2D eigenvalue weighted by Gasteiger charge is 2.67. The largest absolute Gasteiger partial charge is 0.462 e. The minimum atomic E-state index is -5.75. The Hall–Kier alpha value is -1.41. The second-order valence-electron chi connectivity index (χ2n) is 11.4. The van der Waals surface area contributed by atoms with Gasteiger partial charge in [0.1, 0.15) is 6.10 Å². The van der Waals surface area contributed by atoms with Crippen molar-refractivity contribution in [2.24, 2.45) is 46.8 Å². The van der Waals surface area contributed by atoms with E-state index in [0.717, 1.165) is 32.1 Å². The average Bonchev–Trinajstić information content (AvgIpc) is 3.48. The van der Waals surface area contributed by atoms with Crippen LogP contribution in [-0.2, 0) is 19.1 Å². The summed E-state index contributed by atoms with van der Waals surface area (Å²) in [6.45, 7) is 4.34. The van der Waals surface area contributed by atoms with Crippen molar-refractivity contribution in [2.75, 3.05) is 6.61 Å². The first-order chi connectivity index (χ1) is 15.2. The standard InChI is InChI=1S/C24H33F5O4/c1-4-22(2,3)6-5-18(30)33-17-10-13-9-16(17)20-14-7-12(19(13)20)8-15(14)21(31)32-11-23(25,26)24(27,28)29/h12-17,19-20H,4-11H2,1-3H3. The number of esters is 2. The summed E-state index contributed by atoms with van der Waals surface area (Å²) < 4.78 is 73.9. The number of rotatable bonds is 8. The van der Waals surface area contributed by atoms with Gasteiger partial charge in [-0.3, -0.25) is 9.59 Å². The van der Waals surface area contributed by atoms with Crippen LogP contribution < -0.4 is 0 Å². The van der Waals surface area contributed by atoms with E-state index >= 15 is 0 Å². The minimum Gasteiger partial charge on any atom is -0.462 e. The summed E-state index contributed by atoms with van der Waals surface area (Å²) in [4.78, 5) is 24.9. The first kappa shape index (κ1) is 24.7. The van der Waals surface area contributed by atoms with Crippen molar-refractivity contribution >= 4 is 11.9 Å². The molecular weight excluding hydrogens is 447 g/mol. The van der Waals surface area contributed by atoms with Gasteiger partial charge < -0.3 is 9.47 Å². The van der Waals surface area contributed by atoms with Gasteiger partial charge in [-0.1, -0.05) is 27.2 Å². The Morgan fingerprint density at radius 1 is 0.909 bits per heavy atom. The molecule has 0 aromatic rings. The third-order valence-corrected chi connectivity index (χ3v) is 9.12. The molecular formula is C24H33F5O4. The number of carbonyl (C=O) groups excluding carboxylic acids is 2. The van der Waals surface area contributed by atoms with E-state index < -0.39 is 30.6 Å². The SMILES string of the molecule is CCC(C)(C)CCC(=O)OC1CC2CC1C1C3CC(CC3C(=O)OCC(F)(F)C(F)(F)F)C21. The van der Waals surface area contributed by atoms with Crippen LogP contribution in [0.2, 0.25) is 0 Å². The molecule has 4 rings (SSSR count). The van der Waals surface area contributed by atoms with Crippen LogP contribution in [0.3, 0.4) is 0 Å². The Morgan fingerprint density at radius 2 is 1.55 bits per heavy atom. The van der Waals surface area contributed by atoms with E-state index in [-0.39, 0.29) is 41.2 Å². The molecule has 0 N–H and O–H groups in total. The van der Waals surface area contributed by atoms with Crippen molar-refractivity contribution in [3.8, 4) is 0 Å². The van der Waals surface area contributed by atoms with E-state index in [1.807, 2.05) is 0 Å². The average molecular weight is 481 g/mol.